The molecule has 3 heterocycles. The minimum Gasteiger partial charge on any atom is -0.357 e. The van der Waals surface area contributed by atoms with Crippen molar-refractivity contribution in [1.29, 1.82) is 0 Å². The molecule has 0 aliphatic carbocycles. The van der Waals surface area contributed by atoms with Gasteiger partial charge in [0.1, 0.15) is 5.82 Å². The Bertz CT molecular complexity index is 660. The summed E-state index contributed by atoms with van der Waals surface area (Å²) < 4.78 is 0. The van der Waals surface area contributed by atoms with Crippen LogP contribution < -0.4 is 15.5 Å². The molecule has 2 aromatic rings. The Balaban J connectivity index is 1.54. The molecular formula is C19H27N5S. The lowest BCUT2D eigenvalue weighted by atomic mass is 10.2. The summed E-state index contributed by atoms with van der Waals surface area (Å²) in [7, 11) is 1.80. The number of nitrogens with zero attached hydrogens (tertiary/aromatic N) is 3. The van der Waals surface area contributed by atoms with Crippen LogP contribution in [0.25, 0.3) is 0 Å². The van der Waals surface area contributed by atoms with Crippen molar-refractivity contribution in [3.63, 3.8) is 0 Å². The fourth-order valence-electron chi connectivity index (χ4n) is 3.03. The highest BCUT2D eigenvalue weighted by Gasteiger charge is 2.11. The van der Waals surface area contributed by atoms with Crippen molar-refractivity contribution in [3.8, 4) is 0 Å². The number of nitrogens with one attached hydrogen (secondary N) is 2. The Morgan fingerprint density at radius 1 is 1.16 bits per heavy atom. The molecule has 1 aliphatic rings. The maximum Gasteiger partial charge on any atom is 0.191 e. The first-order valence-corrected chi connectivity index (χ1v) is 9.90. The zero-order valence-corrected chi connectivity index (χ0v) is 15.7. The highest BCUT2D eigenvalue weighted by atomic mass is 32.1. The second-order valence-electron chi connectivity index (χ2n) is 6.28. The van der Waals surface area contributed by atoms with Crippen molar-refractivity contribution in [1.82, 2.24) is 15.6 Å². The number of aliphatic imine (C=N–C) groups is 1. The molecule has 1 aliphatic heterocycles. The summed E-state index contributed by atoms with van der Waals surface area (Å²) in [5.74, 6) is 1.92. The molecule has 0 bridgehead atoms. The Morgan fingerprint density at radius 2 is 1.96 bits per heavy atom. The molecule has 5 nitrogen and oxygen atoms in total. The first kappa shape index (κ1) is 17.7. The van der Waals surface area contributed by atoms with Crippen LogP contribution in [0.1, 0.15) is 36.1 Å². The topological polar surface area (TPSA) is 52.6 Å². The van der Waals surface area contributed by atoms with Gasteiger partial charge < -0.3 is 15.5 Å². The van der Waals surface area contributed by atoms with Crippen molar-refractivity contribution >= 4 is 23.1 Å². The van der Waals surface area contributed by atoms with E-state index in [1.807, 2.05) is 6.20 Å². The van der Waals surface area contributed by atoms with Crippen LogP contribution in [0.2, 0.25) is 0 Å². The van der Waals surface area contributed by atoms with E-state index in [9.17, 15) is 0 Å². The number of guanidine groups is 1. The van der Waals surface area contributed by atoms with E-state index in [0.717, 1.165) is 38.0 Å². The molecule has 0 aromatic carbocycles. The fourth-order valence-corrected chi connectivity index (χ4v) is 3.68. The average Bonchev–Trinajstić information content (AvgIpc) is 3.02. The number of hydrogen-bond acceptors (Lipinski definition) is 4. The van der Waals surface area contributed by atoms with Gasteiger partial charge in [-0.1, -0.05) is 18.9 Å². The molecular weight excluding hydrogens is 330 g/mol. The Labute approximate surface area is 154 Å². The summed E-state index contributed by atoms with van der Waals surface area (Å²) >= 11 is 1.75. The third kappa shape index (κ3) is 5.46. The molecule has 6 heteroatoms. The van der Waals surface area contributed by atoms with Gasteiger partial charge in [0.05, 0.1) is 6.54 Å². The lowest BCUT2D eigenvalue weighted by molar-refractivity contribution is 0.726. The van der Waals surface area contributed by atoms with Crippen molar-refractivity contribution in [3.05, 3.63) is 46.3 Å². The largest absolute Gasteiger partial charge is 0.357 e. The van der Waals surface area contributed by atoms with E-state index in [0.29, 0.717) is 0 Å². The zero-order chi connectivity index (χ0) is 17.3. The molecule has 0 amide bonds. The van der Waals surface area contributed by atoms with Crippen molar-refractivity contribution in [2.75, 3.05) is 25.0 Å². The zero-order valence-electron chi connectivity index (χ0n) is 14.9. The van der Waals surface area contributed by atoms with E-state index in [1.165, 1.54) is 36.1 Å². The van der Waals surface area contributed by atoms with Crippen LogP contribution in [0.3, 0.4) is 0 Å². The Hall–Kier alpha value is -2.08. The molecule has 134 valence electrons. The van der Waals surface area contributed by atoms with Crippen LogP contribution in [0.5, 0.6) is 0 Å². The van der Waals surface area contributed by atoms with Crippen molar-refractivity contribution < 1.29 is 0 Å². The third-order valence-corrected chi connectivity index (χ3v) is 5.31. The van der Waals surface area contributed by atoms with E-state index in [4.69, 9.17) is 0 Å². The second-order valence-corrected chi connectivity index (χ2v) is 7.31. The lowest BCUT2D eigenvalue weighted by Crippen LogP contribution is -2.36. The predicted molar refractivity (Wildman–Crippen MR) is 106 cm³/mol. The normalized spacial score (nSPS) is 15.7. The number of anilines is 1. The summed E-state index contributed by atoms with van der Waals surface area (Å²) in [4.78, 5) is 12.6. The third-order valence-electron chi connectivity index (χ3n) is 4.43. The first-order valence-electron chi connectivity index (χ1n) is 9.02. The first-order chi connectivity index (χ1) is 12.3. The van der Waals surface area contributed by atoms with E-state index in [-0.39, 0.29) is 0 Å². The molecule has 1 fully saturated rings. The maximum atomic E-state index is 4.58. The van der Waals surface area contributed by atoms with Gasteiger partial charge in [-0.15, -0.1) is 11.3 Å². The summed E-state index contributed by atoms with van der Waals surface area (Å²) in [6, 6.07) is 8.46. The summed E-state index contributed by atoms with van der Waals surface area (Å²) in [5, 5.41) is 8.83. The molecule has 0 spiro atoms. The quantitative estimate of drug-likeness (QED) is 0.636. The minimum absolute atomic E-state index is 0.744. The Kier molecular flexibility index (Phi) is 6.68. The van der Waals surface area contributed by atoms with E-state index >= 15 is 0 Å². The average molecular weight is 358 g/mol. The van der Waals surface area contributed by atoms with Gasteiger partial charge in [0.25, 0.3) is 0 Å². The molecule has 0 atom stereocenters. The van der Waals surface area contributed by atoms with Gasteiger partial charge in [0, 0.05) is 37.8 Å². The lowest BCUT2D eigenvalue weighted by Gasteiger charge is -2.22. The van der Waals surface area contributed by atoms with E-state index in [1.54, 1.807) is 18.4 Å². The Morgan fingerprint density at radius 3 is 2.68 bits per heavy atom. The number of rotatable bonds is 5. The molecule has 2 N–H and O–H groups in total. The molecule has 0 unspecified atom stereocenters. The minimum atomic E-state index is 0.744. The van der Waals surface area contributed by atoms with Gasteiger partial charge in [-0.2, -0.15) is 0 Å². The molecule has 25 heavy (non-hydrogen) atoms. The number of hydrogen-bond donors (Lipinski definition) is 2. The van der Waals surface area contributed by atoms with Gasteiger partial charge in [-0.05, 0) is 42.0 Å². The van der Waals surface area contributed by atoms with Gasteiger partial charge in [-0.25, -0.2) is 4.98 Å². The molecule has 2 aromatic heterocycles. The van der Waals surface area contributed by atoms with Gasteiger partial charge in [-0.3, -0.25) is 4.99 Å². The molecule has 0 saturated carbocycles. The smallest absolute Gasteiger partial charge is 0.191 e. The van der Waals surface area contributed by atoms with E-state index < -0.39 is 0 Å². The van der Waals surface area contributed by atoms with Crippen LogP contribution in [0, 0.1) is 0 Å². The van der Waals surface area contributed by atoms with Crippen molar-refractivity contribution in [2.45, 2.75) is 38.8 Å². The standard InChI is InChI=1S/C19H27N5S/c1-20-19(23-15-17-7-6-12-25-17)22-14-16-8-9-21-18(13-16)24-10-4-2-3-5-11-24/h6-9,12-13H,2-5,10-11,14-15H2,1H3,(H2,20,22,23). The number of pyridine rings is 1. The fraction of sp³-hybridized carbons (Fsp3) is 0.474. The van der Waals surface area contributed by atoms with E-state index in [2.05, 4.69) is 55.2 Å². The van der Waals surface area contributed by atoms with Gasteiger partial charge in [0.2, 0.25) is 0 Å². The monoisotopic (exact) mass is 357 g/mol. The van der Waals surface area contributed by atoms with Crippen LogP contribution in [0.15, 0.2) is 40.8 Å². The van der Waals surface area contributed by atoms with Crippen LogP contribution in [-0.4, -0.2) is 31.1 Å². The highest BCUT2D eigenvalue weighted by molar-refractivity contribution is 7.09. The summed E-state index contributed by atoms with van der Waals surface area (Å²) in [6.07, 6.45) is 7.12. The molecule has 1 saturated heterocycles. The van der Waals surface area contributed by atoms with Gasteiger partial charge >= 0.3 is 0 Å². The maximum absolute atomic E-state index is 4.58. The summed E-state index contributed by atoms with van der Waals surface area (Å²) in [5.41, 5.74) is 1.23. The van der Waals surface area contributed by atoms with Crippen LogP contribution in [0.4, 0.5) is 5.82 Å². The number of aromatic nitrogens is 1. The predicted octanol–water partition coefficient (Wildman–Crippen LogP) is 3.39. The van der Waals surface area contributed by atoms with Crippen LogP contribution >= 0.6 is 11.3 Å². The van der Waals surface area contributed by atoms with Crippen LogP contribution in [-0.2, 0) is 13.1 Å². The highest BCUT2D eigenvalue weighted by Crippen LogP contribution is 2.18. The second kappa shape index (κ2) is 9.42. The molecule has 0 radical (unpaired) electrons. The van der Waals surface area contributed by atoms with Crippen molar-refractivity contribution in [2.24, 2.45) is 4.99 Å². The molecule has 3 rings (SSSR count). The summed E-state index contributed by atoms with van der Waals surface area (Å²) in [6.45, 7) is 3.78. The van der Waals surface area contributed by atoms with Gasteiger partial charge in [0.15, 0.2) is 5.96 Å². The number of thiophene rings is 1. The SMILES string of the molecule is CN=C(NCc1ccnc(N2CCCCCC2)c1)NCc1cccs1.